The van der Waals surface area contributed by atoms with E-state index in [1.807, 2.05) is 12.1 Å². The van der Waals surface area contributed by atoms with E-state index in [0.29, 0.717) is 16.9 Å². The number of amides is 2. The van der Waals surface area contributed by atoms with Gasteiger partial charge in [0, 0.05) is 0 Å². The van der Waals surface area contributed by atoms with Gasteiger partial charge < -0.3 is 9.47 Å². The standard InChI is InChI=1S/C21H16FI2NO5S/c1-11(20(27)29-2)25-19(26)17(31-21(25)28)9-13-7-15(23)18(16(24)8-13)30-10-12-4-3-5-14(22)6-12/h3-9,11H,10H2,1-2H3/b17-9+/t11-/m1/s1. The van der Waals surface area contributed by atoms with Crippen LogP contribution in [-0.2, 0) is 20.9 Å². The van der Waals surface area contributed by atoms with Gasteiger partial charge in [0.25, 0.3) is 11.1 Å². The number of esters is 1. The van der Waals surface area contributed by atoms with E-state index in [2.05, 4.69) is 49.9 Å². The number of halogens is 3. The number of rotatable bonds is 6. The first-order chi connectivity index (χ1) is 14.7. The Morgan fingerprint density at radius 1 is 1.23 bits per heavy atom. The average molecular weight is 667 g/mol. The van der Waals surface area contributed by atoms with Crippen LogP contribution in [-0.4, -0.2) is 35.2 Å². The molecule has 0 bridgehead atoms. The SMILES string of the molecule is COC(=O)[C@@H](C)N1C(=O)S/C(=C/c2cc(I)c(OCc3cccc(F)c3)c(I)c2)C1=O. The summed E-state index contributed by atoms with van der Waals surface area (Å²) in [5, 5.41) is -0.520. The molecular formula is C21H16FI2NO5S. The molecule has 1 aliphatic rings. The Morgan fingerprint density at radius 2 is 1.90 bits per heavy atom. The minimum Gasteiger partial charge on any atom is -0.487 e. The first-order valence-corrected chi connectivity index (χ1v) is 11.9. The summed E-state index contributed by atoms with van der Waals surface area (Å²) in [6.45, 7) is 1.66. The Hall–Kier alpha value is -1.67. The number of ether oxygens (including phenoxy) is 2. The van der Waals surface area contributed by atoms with Crippen molar-refractivity contribution in [3.05, 3.63) is 65.4 Å². The summed E-state index contributed by atoms with van der Waals surface area (Å²) < 4.78 is 25.5. The summed E-state index contributed by atoms with van der Waals surface area (Å²) in [7, 11) is 1.20. The largest absolute Gasteiger partial charge is 0.487 e. The Kier molecular flexibility index (Phi) is 7.97. The van der Waals surface area contributed by atoms with E-state index >= 15 is 0 Å². The summed E-state index contributed by atoms with van der Waals surface area (Å²) in [5.74, 6) is -0.872. The molecule has 31 heavy (non-hydrogen) atoms. The van der Waals surface area contributed by atoms with Crippen molar-refractivity contribution >= 4 is 80.1 Å². The molecule has 0 aromatic heterocycles. The molecule has 1 atom stereocenters. The van der Waals surface area contributed by atoms with Crippen LogP contribution in [0.2, 0.25) is 0 Å². The van der Waals surface area contributed by atoms with Crippen LogP contribution in [0.4, 0.5) is 9.18 Å². The topological polar surface area (TPSA) is 72.9 Å². The highest BCUT2D eigenvalue weighted by atomic mass is 127. The van der Waals surface area contributed by atoms with Gasteiger partial charge in [-0.2, -0.15) is 0 Å². The summed E-state index contributed by atoms with van der Waals surface area (Å²) in [6, 6.07) is 8.84. The van der Waals surface area contributed by atoms with E-state index in [1.165, 1.54) is 26.2 Å². The van der Waals surface area contributed by atoms with Crippen molar-refractivity contribution in [2.45, 2.75) is 19.6 Å². The zero-order chi connectivity index (χ0) is 22.7. The second-order valence-electron chi connectivity index (χ2n) is 6.48. The number of hydrogen-bond acceptors (Lipinski definition) is 6. The van der Waals surface area contributed by atoms with Gasteiger partial charge in [-0.25, -0.2) is 9.18 Å². The lowest BCUT2D eigenvalue weighted by Gasteiger charge is -2.18. The lowest BCUT2D eigenvalue weighted by atomic mass is 10.2. The number of benzene rings is 2. The third-order valence-electron chi connectivity index (χ3n) is 4.34. The highest BCUT2D eigenvalue weighted by Gasteiger charge is 2.41. The number of carbonyl (C=O) groups is 3. The number of hydrogen-bond donors (Lipinski definition) is 0. The Bertz CT molecular complexity index is 1070. The first-order valence-electron chi connectivity index (χ1n) is 8.92. The predicted molar refractivity (Wildman–Crippen MR) is 132 cm³/mol. The molecule has 3 rings (SSSR count). The molecular weight excluding hydrogens is 651 g/mol. The summed E-state index contributed by atoms with van der Waals surface area (Å²) in [5.41, 5.74) is 1.42. The molecule has 2 aromatic rings. The minimum atomic E-state index is -0.998. The first kappa shape index (κ1) is 24.0. The van der Waals surface area contributed by atoms with Crippen LogP contribution >= 0.6 is 56.9 Å². The summed E-state index contributed by atoms with van der Waals surface area (Å²) in [4.78, 5) is 37.8. The molecule has 1 fully saturated rings. The van der Waals surface area contributed by atoms with Crippen LogP contribution in [0.25, 0.3) is 6.08 Å². The molecule has 0 spiro atoms. The van der Waals surface area contributed by atoms with Crippen LogP contribution in [0.3, 0.4) is 0 Å². The molecule has 2 aromatic carbocycles. The zero-order valence-corrected chi connectivity index (χ0v) is 21.5. The van der Waals surface area contributed by atoms with E-state index in [1.54, 1.807) is 18.2 Å². The quantitative estimate of drug-likeness (QED) is 0.240. The number of carbonyl (C=O) groups excluding carboxylic acids is 3. The molecule has 1 aliphatic heterocycles. The van der Waals surface area contributed by atoms with E-state index in [4.69, 9.17) is 4.74 Å². The van der Waals surface area contributed by atoms with Crippen molar-refractivity contribution < 1.29 is 28.2 Å². The highest BCUT2D eigenvalue weighted by Crippen LogP contribution is 2.36. The van der Waals surface area contributed by atoms with Crippen LogP contribution in [0.15, 0.2) is 41.3 Å². The van der Waals surface area contributed by atoms with Gasteiger partial charge in [-0.15, -0.1) is 0 Å². The van der Waals surface area contributed by atoms with E-state index < -0.39 is 23.2 Å². The van der Waals surface area contributed by atoms with Crippen LogP contribution in [0.1, 0.15) is 18.1 Å². The van der Waals surface area contributed by atoms with Gasteiger partial charge in [0.2, 0.25) is 0 Å². The van der Waals surface area contributed by atoms with Gasteiger partial charge in [0.05, 0.1) is 19.2 Å². The van der Waals surface area contributed by atoms with Crippen molar-refractivity contribution in [1.29, 1.82) is 0 Å². The summed E-state index contributed by atoms with van der Waals surface area (Å²) >= 11 is 5.02. The fourth-order valence-electron chi connectivity index (χ4n) is 2.82. The van der Waals surface area contributed by atoms with Crippen molar-refractivity contribution in [3.8, 4) is 5.75 Å². The second kappa shape index (κ2) is 10.3. The lowest BCUT2D eigenvalue weighted by Crippen LogP contribution is -2.42. The smallest absolute Gasteiger partial charge is 0.328 e. The number of methoxy groups -OCH3 is 1. The molecule has 0 unspecified atom stereocenters. The van der Waals surface area contributed by atoms with E-state index in [9.17, 15) is 18.8 Å². The maximum absolute atomic E-state index is 13.4. The van der Waals surface area contributed by atoms with E-state index in [-0.39, 0.29) is 17.3 Å². The van der Waals surface area contributed by atoms with Gasteiger partial charge in [-0.1, -0.05) is 12.1 Å². The van der Waals surface area contributed by atoms with Gasteiger partial charge in [-0.05, 0) is 105 Å². The second-order valence-corrected chi connectivity index (χ2v) is 9.80. The number of imide groups is 1. The van der Waals surface area contributed by atoms with Crippen LogP contribution < -0.4 is 4.74 Å². The fourth-order valence-corrected chi connectivity index (χ4v) is 5.86. The van der Waals surface area contributed by atoms with E-state index in [0.717, 1.165) is 23.8 Å². The molecule has 10 heteroatoms. The maximum atomic E-state index is 13.4. The lowest BCUT2D eigenvalue weighted by molar-refractivity contribution is -0.148. The molecule has 162 valence electrons. The molecule has 2 amide bonds. The van der Waals surface area contributed by atoms with Crippen LogP contribution in [0.5, 0.6) is 5.75 Å². The molecule has 6 nitrogen and oxygen atoms in total. The number of nitrogens with zero attached hydrogens (tertiary/aromatic N) is 1. The molecule has 0 aliphatic carbocycles. The third kappa shape index (κ3) is 5.58. The predicted octanol–water partition coefficient (Wildman–Crippen LogP) is 5.21. The van der Waals surface area contributed by atoms with Gasteiger partial charge in [-0.3, -0.25) is 14.5 Å². The molecule has 1 saturated heterocycles. The Morgan fingerprint density at radius 3 is 2.52 bits per heavy atom. The zero-order valence-electron chi connectivity index (χ0n) is 16.4. The number of thioether (sulfide) groups is 1. The monoisotopic (exact) mass is 667 g/mol. The normalized spacial score (nSPS) is 16.0. The summed E-state index contributed by atoms with van der Waals surface area (Å²) in [6.07, 6.45) is 1.61. The maximum Gasteiger partial charge on any atom is 0.328 e. The fraction of sp³-hybridized carbons (Fsp3) is 0.190. The molecule has 0 radical (unpaired) electrons. The van der Waals surface area contributed by atoms with Crippen molar-refractivity contribution in [2.75, 3.05) is 7.11 Å². The van der Waals surface area contributed by atoms with Crippen molar-refractivity contribution in [3.63, 3.8) is 0 Å². The molecule has 0 saturated carbocycles. The third-order valence-corrected chi connectivity index (χ3v) is 6.83. The van der Waals surface area contributed by atoms with Crippen LogP contribution in [0, 0.1) is 13.0 Å². The molecule has 1 heterocycles. The van der Waals surface area contributed by atoms with Gasteiger partial charge in [0.1, 0.15) is 24.2 Å². The Balaban J connectivity index is 1.79. The minimum absolute atomic E-state index is 0.216. The van der Waals surface area contributed by atoms with Gasteiger partial charge >= 0.3 is 5.97 Å². The molecule has 0 N–H and O–H groups in total. The van der Waals surface area contributed by atoms with Gasteiger partial charge in [0.15, 0.2) is 0 Å². The average Bonchev–Trinajstić information content (AvgIpc) is 2.99. The highest BCUT2D eigenvalue weighted by molar-refractivity contribution is 14.1. The van der Waals surface area contributed by atoms with Crippen molar-refractivity contribution in [2.24, 2.45) is 0 Å². The van der Waals surface area contributed by atoms with Crippen molar-refractivity contribution in [1.82, 2.24) is 4.90 Å². The Labute approximate surface area is 209 Å².